The second-order valence-electron chi connectivity index (χ2n) is 5.71. The van der Waals surface area contributed by atoms with Crippen LogP contribution in [0.5, 0.6) is 0 Å². The highest BCUT2D eigenvalue weighted by molar-refractivity contribution is 7.13. The van der Waals surface area contributed by atoms with E-state index in [1.807, 2.05) is 12.3 Å². The quantitative estimate of drug-likeness (QED) is 0.823. The first kappa shape index (κ1) is 16.6. The van der Waals surface area contributed by atoms with Crippen LogP contribution in [0.15, 0.2) is 29.6 Å². The number of amides is 1. The second kappa shape index (κ2) is 8.06. The van der Waals surface area contributed by atoms with Crippen LogP contribution >= 0.6 is 11.3 Å². The Kier molecular flexibility index (Phi) is 6.10. The van der Waals surface area contributed by atoms with E-state index in [1.54, 1.807) is 0 Å². The predicted octanol–water partition coefficient (Wildman–Crippen LogP) is 3.30. The molecular weight excluding hydrogens is 294 g/mol. The summed E-state index contributed by atoms with van der Waals surface area (Å²) in [6, 6.07) is 8.53. The van der Waals surface area contributed by atoms with Gasteiger partial charge in [0.25, 0.3) is 0 Å². The van der Waals surface area contributed by atoms with Gasteiger partial charge in [-0.1, -0.05) is 29.8 Å². The molecule has 2 aromatic rings. The highest BCUT2D eigenvalue weighted by Crippen LogP contribution is 2.17. The maximum atomic E-state index is 11.9. The van der Waals surface area contributed by atoms with Crippen molar-refractivity contribution in [3.05, 3.63) is 46.5 Å². The Labute approximate surface area is 135 Å². The topological polar surface area (TPSA) is 68.0 Å². The second-order valence-corrected chi connectivity index (χ2v) is 6.57. The van der Waals surface area contributed by atoms with E-state index in [0.29, 0.717) is 11.6 Å². The molecule has 2 rings (SSSR count). The summed E-state index contributed by atoms with van der Waals surface area (Å²) >= 11 is 1.45. The van der Waals surface area contributed by atoms with Gasteiger partial charge in [0.15, 0.2) is 5.13 Å². The Bertz CT molecular complexity index is 605. The third kappa shape index (κ3) is 5.58. The molecule has 1 unspecified atom stereocenters. The summed E-state index contributed by atoms with van der Waals surface area (Å²) in [5.74, 6) is 0.0220. The molecule has 0 radical (unpaired) electrons. The molecule has 1 aromatic carbocycles. The Morgan fingerprint density at radius 2 is 2.09 bits per heavy atom. The summed E-state index contributed by atoms with van der Waals surface area (Å²) in [5, 5.41) is 5.47. The Balaban J connectivity index is 1.73. The number of nitrogens with one attached hydrogen (secondary N) is 1. The van der Waals surface area contributed by atoms with Crippen LogP contribution in [0, 0.1) is 6.92 Å². The standard InChI is InChI=1S/C17H23N3OS/c1-12-6-8-14(9-7-12)4-3-5-16(21)20-17-19-15(11-22-17)10-13(2)18/h6-9,11,13H,3-5,10,18H2,1-2H3,(H,19,20,21). The highest BCUT2D eigenvalue weighted by atomic mass is 32.1. The molecule has 22 heavy (non-hydrogen) atoms. The van der Waals surface area contributed by atoms with Gasteiger partial charge in [0.05, 0.1) is 5.69 Å². The van der Waals surface area contributed by atoms with E-state index in [2.05, 4.69) is 41.5 Å². The molecule has 1 amide bonds. The van der Waals surface area contributed by atoms with Crippen molar-refractivity contribution in [3.8, 4) is 0 Å². The van der Waals surface area contributed by atoms with E-state index in [0.717, 1.165) is 25.0 Å². The molecule has 0 aliphatic heterocycles. The zero-order valence-corrected chi connectivity index (χ0v) is 14.0. The fourth-order valence-electron chi connectivity index (χ4n) is 2.18. The highest BCUT2D eigenvalue weighted by Gasteiger charge is 2.08. The van der Waals surface area contributed by atoms with Gasteiger partial charge in [-0.15, -0.1) is 11.3 Å². The smallest absolute Gasteiger partial charge is 0.226 e. The Morgan fingerprint density at radius 3 is 2.77 bits per heavy atom. The predicted molar refractivity (Wildman–Crippen MR) is 92.2 cm³/mol. The van der Waals surface area contributed by atoms with Gasteiger partial charge in [-0.25, -0.2) is 4.98 Å². The van der Waals surface area contributed by atoms with E-state index >= 15 is 0 Å². The average Bonchev–Trinajstić information content (AvgIpc) is 2.87. The summed E-state index contributed by atoms with van der Waals surface area (Å²) in [5.41, 5.74) is 9.21. The zero-order valence-electron chi connectivity index (χ0n) is 13.1. The summed E-state index contributed by atoms with van der Waals surface area (Å²) < 4.78 is 0. The molecule has 1 atom stereocenters. The van der Waals surface area contributed by atoms with Crippen molar-refractivity contribution in [1.29, 1.82) is 0 Å². The number of nitrogens with zero attached hydrogens (tertiary/aromatic N) is 1. The number of anilines is 1. The number of rotatable bonds is 7. The molecule has 0 fully saturated rings. The Hall–Kier alpha value is -1.72. The van der Waals surface area contributed by atoms with Crippen molar-refractivity contribution in [2.75, 3.05) is 5.32 Å². The number of aromatic nitrogens is 1. The Morgan fingerprint density at radius 1 is 1.36 bits per heavy atom. The molecule has 3 N–H and O–H groups in total. The van der Waals surface area contributed by atoms with Crippen LogP contribution in [0.4, 0.5) is 5.13 Å². The number of nitrogens with two attached hydrogens (primary N) is 1. The number of carbonyl (C=O) groups excluding carboxylic acids is 1. The van der Waals surface area contributed by atoms with Crippen LogP contribution in [0.1, 0.15) is 36.6 Å². The molecule has 1 aromatic heterocycles. The number of benzene rings is 1. The minimum atomic E-state index is 0.0220. The fourth-order valence-corrected chi connectivity index (χ4v) is 2.92. The van der Waals surface area contributed by atoms with Gasteiger partial charge < -0.3 is 11.1 Å². The van der Waals surface area contributed by atoms with Gasteiger partial charge >= 0.3 is 0 Å². The van der Waals surface area contributed by atoms with Gasteiger partial charge in [0.2, 0.25) is 5.91 Å². The van der Waals surface area contributed by atoms with Crippen molar-refractivity contribution in [2.45, 2.75) is 45.6 Å². The molecule has 0 bridgehead atoms. The first-order chi connectivity index (χ1) is 10.5. The van der Waals surface area contributed by atoms with Crippen LogP contribution in [0.2, 0.25) is 0 Å². The normalized spacial score (nSPS) is 12.1. The molecule has 0 aliphatic carbocycles. The number of thiazole rings is 1. The van der Waals surface area contributed by atoms with Crippen LogP contribution in [-0.4, -0.2) is 16.9 Å². The van der Waals surface area contributed by atoms with Crippen molar-refractivity contribution in [2.24, 2.45) is 5.73 Å². The van der Waals surface area contributed by atoms with E-state index in [4.69, 9.17) is 5.73 Å². The summed E-state index contributed by atoms with van der Waals surface area (Å²) in [7, 11) is 0. The first-order valence-electron chi connectivity index (χ1n) is 7.58. The molecule has 0 saturated heterocycles. The van der Waals surface area contributed by atoms with Gasteiger partial charge in [-0.05, 0) is 32.3 Å². The van der Waals surface area contributed by atoms with E-state index < -0.39 is 0 Å². The minimum absolute atomic E-state index is 0.0220. The molecule has 118 valence electrons. The number of aryl methyl sites for hydroxylation is 2. The maximum absolute atomic E-state index is 11.9. The lowest BCUT2D eigenvalue weighted by molar-refractivity contribution is -0.116. The van der Waals surface area contributed by atoms with Gasteiger partial charge in [0.1, 0.15) is 0 Å². The molecule has 0 spiro atoms. The van der Waals surface area contributed by atoms with Crippen LogP contribution in [0.3, 0.4) is 0 Å². The molecule has 0 aliphatic rings. The fraction of sp³-hybridized carbons (Fsp3) is 0.412. The van der Waals surface area contributed by atoms with Gasteiger partial charge in [0, 0.05) is 24.3 Å². The van der Waals surface area contributed by atoms with Gasteiger partial charge in [-0.2, -0.15) is 0 Å². The van der Waals surface area contributed by atoms with Gasteiger partial charge in [-0.3, -0.25) is 4.79 Å². The van der Waals surface area contributed by atoms with Crippen molar-refractivity contribution >= 4 is 22.4 Å². The third-order valence-corrected chi connectivity index (χ3v) is 4.13. The SMILES string of the molecule is Cc1ccc(CCCC(=O)Nc2nc(CC(C)N)cs2)cc1. The minimum Gasteiger partial charge on any atom is -0.328 e. The van der Waals surface area contributed by atoms with Crippen LogP contribution < -0.4 is 11.1 Å². The lowest BCUT2D eigenvalue weighted by atomic mass is 10.1. The zero-order chi connectivity index (χ0) is 15.9. The van der Waals surface area contributed by atoms with E-state index in [1.165, 1.54) is 22.5 Å². The average molecular weight is 317 g/mol. The summed E-state index contributed by atoms with van der Waals surface area (Å²) in [6.45, 7) is 4.02. The van der Waals surface area contributed by atoms with Crippen LogP contribution in [-0.2, 0) is 17.6 Å². The molecule has 0 saturated carbocycles. The largest absolute Gasteiger partial charge is 0.328 e. The number of hydrogen-bond donors (Lipinski definition) is 2. The van der Waals surface area contributed by atoms with Crippen LogP contribution in [0.25, 0.3) is 0 Å². The van der Waals surface area contributed by atoms with Crippen molar-refractivity contribution in [3.63, 3.8) is 0 Å². The van der Waals surface area contributed by atoms with Crippen molar-refractivity contribution < 1.29 is 4.79 Å². The summed E-state index contributed by atoms with van der Waals surface area (Å²) in [6.07, 6.45) is 3.00. The monoisotopic (exact) mass is 317 g/mol. The molecular formula is C17H23N3OS. The molecule has 4 nitrogen and oxygen atoms in total. The summed E-state index contributed by atoms with van der Waals surface area (Å²) in [4.78, 5) is 16.3. The molecule has 5 heteroatoms. The van der Waals surface area contributed by atoms with E-state index in [9.17, 15) is 4.79 Å². The third-order valence-electron chi connectivity index (χ3n) is 3.32. The number of carbonyl (C=O) groups is 1. The van der Waals surface area contributed by atoms with Crippen molar-refractivity contribution in [1.82, 2.24) is 4.98 Å². The molecule has 1 heterocycles. The first-order valence-corrected chi connectivity index (χ1v) is 8.46. The van der Waals surface area contributed by atoms with E-state index in [-0.39, 0.29) is 11.9 Å². The maximum Gasteiger partial charge on any atom is 0.226 e. The number of hydrogen-bond acceptors (Lipinski definition) is 4. The lowest BCUT2D eigenvalue weighted by Gasteiger charge is -2.03. The lowest BCUT2D eigenvalue weighted by Crippen LogP contribution is -2.18.